The van der Waals surface area contributed by atoms with Gasteiger partial charge in [-0.05, 0) is 49.9 Å². The second-order valence-corrected chi connectivity index (χ2v) is 6.73. The van der Waals surface area contributed by atoms with Crippen LogP contribution < -0.4 is 5.32 Å². The van der Waals surface area contributed by atoms with Crippen molar-refractivity contribution >= 4 is 5.91 Å². The largest absolute Gasteiger partial charge is 0.376 e. The van der Waals surface area contributed by atoms with Gasteiger partial charge < -0.3 is 14.8 Å². The Hall–Kier alpha value is -1.43. The van der Waals surface area contributed by atoms with Crippen LogP contribution in [0.4, 0.5) is 0 Å². The predicted molar refractivity (Wildman–Crippen MR) is 92.6 cm³/mol. The summed E-state index contributed by atoms with van der Waals surface area (Å²) in [5.74, 6) is -0.0713. The lowest BCUT2D eigenvalue weighted by molar-refractivity contribution is -0.127. The van der Waals surface area contributed by atoms with Crippen molar-refractivity contribution in [1.29, 1.82) is 0 Å². The standard InChI is InChI=1S/C19H28N2O3/c22-19(15-23-14-18-7-4-10-24-18)20-12-16-5-3-6-17(11-16)13-21-8-1-2-9-21/h3,5-6,11,18H,1-2,4,7-10,12-15H2,(H,20,22). The number of ether oxygens (including phenoxy) is 2. The molecule has 1 N–H and O–H groups in total. The molecule has 2 aliphatic heterocycles. The lowest BCUT2D eigenvalue weighted by atomic mass is 10.1. The molecule has 2 heterocycles. The van der Waals surface area contributed by atoms with Crippen LogP contribution in [0, 0.1) is 0 Å². The van der Waals surface area contributed by atoms with Gasteiger partial charge in [0.25, 0.3) is 0 Å². The van der Waals surface area contributed by atoms with Crippen molar-refractivity contribution in [3.63, 3.8) is 0 Å². The van der Waals surface area contributed by atoms with Crippen LogP contribution in [0.5, 0.6) is 0 Å². The van der Waals surface area contributed by atoms with Crippen molar-refractivity contribution in [3.05, 3.63) is 35.4 Å². The highest BCUT2D eigenvalue weighted by atomic mass is 16.5. The number of benzene rings is 1. The molecule has 2 aliphatic rings. The van der Waals surface area contributed by atoms with E-state index >= 15 is 0 Å². The Balaban J connectivity index is 1.36. The highest BCUT2D eigenvalue weighted by molar-refractivity contribution is 5.77. The van der Waals surface area contributed by atoms with E-state index in [9.17, 15) is 4.79 Å². The van der Waals surface area contributed by atoms with Gasteiger partial charge >= 0.3 is 0 Å². The van der Waals surface area contributed by atoms with Crippen LogP contribution in [0.2, 0.25) is 0 Å². The highest BCUT2D eigenvalue weighted by Crippen LogP contribution is 2.14. The molecule has 1 aromatic rings. The van der Waals surface area contributed by atoms with Gasteiger partial charge in [-0.3, -0.25) is 9.69 Å². The summed E-state index contributed by atoms with van der Waals surface area (Å²) in [5, 5.41) is 2.93. The number of hydrogen-bond acceptors (Lipinski definition) is 4. The first kappa shape index (κ1) is 17.4. The fourth-order valence-electron chi connectivity index (χ4n) is 3.35. The first-order valence-electron chi connectivity index (χ1n) is 9.06. The van der Waals surface area contributed by atoms with Gasteiger partial charge in [0.1, 0.15) is 6.61 Å². The lowest BCUT2D eigenvalue weighted by Gasteiger charge is -2.15. The summed E-state index contributed by atoms with van der Waals surface area (Å²) < 4.78 is 10.9. The Morgan fingerprint density at radius 2 is 2.08 bits per heavy atom. The maximum Gasteiger partial charge on any atom is 0.246 e. The van der Waals surface area contributed by atoms with Crippen LogP contribution in [0.3, 0.4) is 0 Å². The average Bonchev–Trinajstić information content (AvgIpc) is 3.27. The molecule has 0 aliphatic carbocycles. The van der Waals surface area contributed by atoms with Gasteiger partial charge in [-0.15, -0.1) is 0 Å². The molecule has 5 nitrogen and oxygen atoms in total. The number of rotatable bonds is 8. The molecule has 0 bridgehead atoms. The van der Waals surface area contributed by atoms with Crippen molar-refractivity contribution in [1.82, 2.24) is 10.2 Å². The van der Waals surface area contributed by atoms with E-state index < -0.39 is 0 Å². The van der Waals surface area contributed by atoms with E-state index in [-0.39, 0.29) is 18.6 Å². The topological polar surface area (TPSA) is 50.8 Å². The second-order valence-electron chi connectivity index (χ2n) is 6.73. The molecule has 5 heteroatoms. The number of nitrogens with zero attached hydrogens (tertiary/aromatic N) is 1. The predicted octanol–water partition coefficient (Wildman–Crippen LogP) is 2.09. The molecule has 0 saturated carbocycles. The van der Waals surface area contributed by atoms with Crippen molar-refractivity contribution in [3.8, 4) is 0 Å². The summed E-state index contributed by atoms with van der Waals surface area (Å²) in [4.78, 5) is 14.4. The maximum atomic E-state index is 11.9. The van der Waals surface area contributed by atoms with Gasteiger partial charge in [0.15, 0.2) is 0 Å². The Kier molecular flexibility index (Phi) is 6.64. The molecule has 2 saturated heterocycles. The Morgan fingerprint density at radius 1 is 1.25 bits per heavy atom. The minimum absolute atomic E-state index is 0.0713. The smallest absolute Gasteiger partial charge is 0.246 e. The van der Waals surface area contributed by atoms with Crippen LogP contribution in [0.1, 0.15) is 36.8 Å². The molecule has 24 heavy (non-hydrogen) atoms. The van der Waals surface area contributed by atoms with Crippen LogP contribution >= 0.6 is 0 Å². The van der Waals surface area contributed by atoms with E-state index in [0.29, 0.717) is 13.2 Å². The lowest BCUT2D eigenvalue weighted by Crippen LogP contribution is -2.28. The van der Waals surface area contributed by atoms with Crippen LogP contribution in [-0.4, -0.2) is 49.8 Å². The van der Waals surface area contributed by atoms with Crippen molar-refractivity contribution in [2.45, 2.75) is 44.9 Å². The molecule has 1 aromatic carbocycles. The summed E-state index contributed by atoms with van der Waals surface area (Å²) in [6.45, 7) is 5.38. The quantitative estimate of drug-likeness (QED) is 0.792. The van der Waals surface area contributed by atoms with E-state index in [1.807, 2.05) is 0 Å². The van der Waals surface area contributed by atoms with Crippen molar-refractivity contribution in [2.75, 3.05) is 32.9 Å². The molecule has 0 radical (unpaired) electrons. The molecular weight excluding hydrogens is 304 g/mol. The Bertz CT molecular complexity index is 523. The van der Waals surface area contributed by atoms with Crippen LogP contribution in [0.25, 0.3) is 0 Å². The average molecular weight is 332 g/mol. The summed E-state index contributed by atoms with van der Waals surface area (Å²) in [6, 6.07) is 8.47. The van der Waals surface area contributed by atoms with E-state index in [1.165, 1.54) is 31.5 Å². The molecule has 132 valence electrons. The first-order chi connectivity index (χ1) is 11.8. The van der Waals surface area contributed by atoms with Gasteiger partial charge in [0.2, 0.25) is 5.91 Å². The molecule has 1 amide bonds. The number of nitrogens with one attached hydrogen (secondary N) is 1. The summed E-state index contributed by atoms with van der Waals surface area (Å²) >= 11 is 0. The minimum Gasteiger partial charge on any atom is -0.376 e. The van der Waals surface area contributed by atoms with Gasteiger partial charge in [-0.25, -0.2) is 0 Å². The number of carbonyl (C=O) groups excluding carboxylic acids is 1. The highest BCUT2D eigenvalue weighted by Gasteiger charge is 2.16. The molecular formula is C19H28N2O3. The molecule has 0 aromatic heterocycles. The van der Waals surface area contributed by atoms with Gasteiger partial charge in [-0.1, -0.05) is 24.3 Å². The van der Waals surface area contributed by atoms with Crippen molar-refractivity contribution in [2.24, 2.45) is 0 Å². The zero-order valence-corrected chi connectivity index (χ0v) is 14.3. The van der Waals surface area contributed by atoms with Crippen molar-refractivity contribution < 1.29 is 14.3 Å². The Labute approximate surface area is 144 Å². The SMILES string of the molecule is O=C(COCC1CCCO1)NCc1cccc(CN2CCCC2)c1. The van der Waals surface area contributed by atoms with E-state index in [2.05, 4.69) is 34.5 Å². The molecule has 0 spiro atoms. The third kappa shape index (κ3) is 5.58. The molecule has 1 atom stereocenters. The van der Waals surface area contributed by atoms with Gasteiger partial charge in [0, 0.05) is 19.7 Å². The third-order valence-corrected chi connectivity index (χ3v) is 4.65. The van der Waals surface area contributed by atoms with E-state index in [1.54, 1.807) is 0 Å². The zero-order chi connectivity index (χ0) is 16.6. The van der Waals surface area contributed by atoms with E-state index in [0.717, 1.165) is 31.6 Å². The van der Waals surface area contributed by atoms with Gasteiger partial charge in [0.05, 0.1) is 12.7 Å². The Morgan fingerprint density at radius 3 is 2.88 bits per heavy atom. The summed E-state index contributed by atoms with van der Waals surface area (Å²) in [7, 11) is 0. The fourth-order valence-corrected chi connectivity index (χ4v) is 3.35. The number of hydrogen-bond donors (Lipinski definition) is 1. The summed E-state index contributed by atoms with van der Waals surface area (Å²) in [5.41, 5.74) is 2.46. The van der Waals surface area contributed by atoms with E-state index in [4.69, 9.17) is 9.47 Å². The molecule has 1 unspecified atom stereocenters. The second kappa shape index (κ2) is 9.16. The number of amides is 1. The van der Waals surface area contributed by atoms with Gasteiger partial charge in [-0.2, -0.15) is 0 Å². The minimum atomic E-state index is -0.0713. The molecule has 3 rings (SSSR count). The summed E-state index contributed by atoms with van der Waals surface area (Å²) in [6.07, 6.45) is 4.91. The zero-order valence-electron chi connectivity index (χ0n) is 14.3. The molecule has 2 fully saturated rings. The monoisotopic (exact) mass is 332 g/mol. The van der Waals surface area contributed by atoms with Crippen LogP contribution in [-0.2, 0) is 27.4 Å². The third-order valence-electron chi connectivity index (χ3n) is 4.65. The normalized spacial score (nSPS) is 21.2. The van der Waals surface area contributed by atoms with Crippen LogP contribution in [0.15, 0.2) is 24.3 Å². The number of carbonyl (C=O) groups is 1. The fraction of sp³-hybridized carbons (Fsp3) is 0.632. The number of likely N-dealkylation sites (tertiary alicyclic amines) is 1. The first-order valence-corrected chi connectivity index (χ1v) is 9.06. The maximum absolute atomic E-state index is 11.9.